The van der Waals surface area contributed by atoms with Crippen LogP contribution in [0, 0.1) is 6.92 Å². The predicted octanol–water partition coefficient (Wildman–Crippen LogP) is 2.68. The van der Waals surface area contributed by atoms with Gasteiger partial charge >= 0.3 is 5.97 Å². The topological polar surface area (TPSA) is 44.1 Å². The number of esters is 1. The molecule has 0 bridgehead atoms. The smallest absolute Gasteiger partial charge is 0.359 e. The maximum atomic E-state index is 11.8. The van der Waals surface area contributed by atoms with E-state index in [-0.39, 0.29) is 11.6 Å². The van der Waals surface area contributed by atoms with Gasteiger partial charge in [-0.25, -0.2) is 4.79 Å². The Morgan fingerprint density at radius 3 is 2.59 bits per heavy atom. The lowest BCUT2D eigenvalue weighted by Gasteiger charge is -2.21. The van der Waals surface area contributed by atoms with Crippen LogP contribution >= 0.6 is 0 Å². The normalized spacial score (nSPS) is 13.2. The van der Waals surface area contributed by atoms with Gasteiger partial charge in [0.25, 0.3) is 0 Å². The summed E-state index contributed by atoms with van der Waals surface area (Å²) in [5, 5.41) is 4.28. The molecule has 1 heterocycles. The van der Waals surface area contributed by atoms with Gasteiger partial charge in [-0.15, -0.1) is 0 Å². The van der Waals surface area contributed by atoms with Crippen molar-refractivity contribution in [1.29, 1.82) is 0 Å². The van der Waals surface area contributed by atoms with Gasteiger partial charge in [-0.3, -0.25) is 4.68 Å². The second-order valence-corrected chi connectivity index (χ2v) is 5.10. The zero-order valence-corrected chi connectivity index (χ0v) is 11.2. The van der Waals surface area contributed by atoms with E-state index in [9.17, 15) is 4.79 Å². The third-order valence-electron chi connectivity index (χ3n) is 2.36. The van der Waals surface area contributed by atoms with Crippen molar-refractivity contribution in [3.05, 3.63) is 30.1 Å². The minimum absolute atomic E-state index is 0.146. The Morgan fingerprint density at radius 1 is 1.59 bits per heavy atom. The molecule has 1 aromatic rings. The molecule has 0 radical (unpaired) electrons. The van der Waals surface area contributed by atoms with E-state index in [1.54, 1.807) is 19.1 Å². The number of carbonyl (C=O) groups excluding carboxylic acids is 1. The Labute approximate surface area is 102 Å². The van der Waals surface area contributed by atoms with Crippen LogP contribution in [0.1, 0.15) is 43.9 Å². The first-order chi connectivity index (χ1) is 7.75. The van der Waals surface area contributed by atoms with Gasteiger partial charge in [-0.1, -0.05) is 12.7 Å². The molecule has 4 nitrogen and oxygen atoms in total. The highest BCUT2D eigenvalue weighted by molar-refractivity contribution is 5.87. The van der Waals surface area contributed by atoms with Crippen LogP contribution < -0.4 is 0 Å². The number of aryl methyl sites for hydroxylation is 1. The van der Waals surface area contributed by atoms with Crippen LogP contribution in [0.25, 0.3) is 0 Å². The average Bonchev–Trinajstić information content (AvgIpc) is 2.59. The van der Waals surface area contributed by atoms with Gasteiger partial charge in [0.15, 0.2) is 5.69 Å². The van der Waals surface area contributed by atoms with Crippen molar-refractivity contribution in [2.75, 3.05) is 0 Å². The van der Waals surface area contributed by atoms with Gasteiger partial charge < -0.3 is 4.74 Å². The van der Waals surface area contributed by atoms with Gasteiger partial charge in [-0.05, 0) is 40.7 Å². The third-order valence-corrected chi connectivity index (χ3v) is 2.36. The monoisotopic (exact) mass is 236 g/mol. The zero-order valence-electron chi connectivity index (χ0n) is 11.2. The minimum Gasteiger partial charge on any atom is -0.454 e. The molecule has 0 aliphatic carbocycles. The van der Waals surface area contributed by atoms with E-state index >= 15 is 0 Å². The largest absolute Gasteiger partial charge is 0.454 e. The Kier molecular flexibility index (Phi) is 3.76. The summed E-state index contributed by atoms with van der Waals surface area (Å²) in [5.74, 6) is -0.413. The van der Waals surface area contributed by atoms with E-state index in [2.05, 4.69) is 11.7 Å². The number of aromatic nitrogens is 2. The highest BCUT2D eigenvalue weighted by Gasteiger charge is 2.21. The SMILES string of the molecule is C=C[C@H](C)OC(=O)c1cc(C)n(C(C)(C)C)n1. The molecule has 4 heteroatoms. The molecule has 17 heavy (non-hydrogen) atoms. The number of carbonyl (C=O) groups is 1. The summed E-state index contributed by atoms with van der Waals surface area (Å²) in [5.41, 5.74) is 1.13. The second kappa shape index (κ2) is 4.73. The number of rotatable bonds is 3. The molecule has 0 amide bonds. The lowest BCUT2D eigenvalue weighted by Crippen LogP contribution is -2.25. The molecule has 0 unspecified atom stereocenters. The summed E-state index contributed by atoms with van der Waals surface area (Å²) < 4.78 is 6.96. The molecule has 0 saturated heterocycles. The van der Waals surface area contributed by atoms with Crippen molar-refractivity contribution in [3.8, 4) is 0 Å². The first kappa shape index (κ1) is 13.5. The number of nitrogens with zero attached hydrogens (tertiary/aromatic N) is 2. The molecular weight excluding hydrogens is 216 g/mol. The molecule has 0 aromatic carbocycles. The van der Waals surface area contributed by atoms with Gasteiger partial charge in [-0.2, -0.15) is 5.10 Å². The number of hydrogen-bond acceptors (Lipinski definition) is 3. The summed E-state index contributed by atoms with van der Waals surface area (Å²) in [7, 11) is 0. The standard InChI is InChI=1S/C13H20N2O2/c1-7-10(3)17-12(16)11-8-9(2)15(14-11)13(4,5)6/h7-8,10H,1H2,2-6H3/t10-/m0/s1. The first-order valence-corrected chi connectivity index (χ1v) is 5.66. The van der Waals surface area contributed by atoms with E-state index < -0.39 is 5.97 Å². The molecule has 0 aliphatic rings. The zero-order chi connectivity index (χ0) is 13.2. The van der Waals surface area contributed by atoms with Crippen molar-refractivity contribution in [2.24, 2.45) is 0 Å². The van der Waals surface area contributed by atoms with Crippen molar-refractivity contribution in [2.45, 2.75) is 46.3 Å². The van der Waals surface area contributed by atoms with Gasteiger partial charge in [0, 0.05) is 5.69 Å². The molecule has 0 aliphatic heterocycles. The van der Waals surface area contributed by atoms with E-state index in [0.29, 0.717) is 5.69 Å². The van der Waals surface area contributed by atoms with Crippen LogP contribution in [0.4, 0.5) is 0 Å². The van der Waals surface area contributed by atoms with E-state index in [0.717, 1.165) is 5.69 Å². The van der Waals surface area contributed by atoms with Crippen molar-refractivity contribution < 1.29 is 9.53 Å². The maximum Gasteiger partial charge on any atom is 0.359 e. The molecule has 0 fully saturated rings. The van der Waals surface area contributed by atoms with Crippen molar-refractivity contribution >= 4 is 5.97 Å². The predicted molar refractivity (Wildman–Crippen MR) is 67.0 cm³/mol. The summed E-state index contributed by atoms with van der Waals surface area (Å²) in [6.07, 6.45) is 1.27. The summed E-state index contributed by atoms with van der Waals surface area (Å²) in [6, 6.07) is 1.74. The fraction of sp³-hybridized carbons (Fsp3) is 0.538. The van der Waals surface area contributed by atoms with Gasteiger partial charge in [0.2, 0.25) is 0 Å². The summed E-state index contributed by atoms with van der Waals surface area (Å²) in [4.78, 5) is 11.8. The second-order valence-electron chi connectivity index (χ2n) is 5.10. The molecule has 94 valence electrons. The Bertz CT molecular complexity index is 427. The average molecular weight is 236 g/mol. The Hall–Kier alpha value is -1.58. The van der Waals surface area contributed by atoms with E-state index in [1.807, 2.05) is 32.4 Å². The number of ether oxygens (including phenoxy) is 1. The van der Waals surface area contributed by atoms with Crippen LogP contribution in [-0.4, -0.2) is 21.9 Å². The van der Waals surface area contributed by atoms with Crippen LogP contribution in [0.2, 0.25) is 0 Å². The maximum absolute atomic E-state index is 11.8. The minimum atomic E-state index is -0.413. The quantitative estimate of drug-likeness (QED) is 0.598. The van der Waals surface area contributed by atoms with Crippen LogP contribution in [0.5, 0.6) is 0 Å². The third kappa shape index (κ3) is 3.19. The van der Waals surface area contributed by atoms with Gasteiger partial charge in [0.1, 0.15) is 6.10 Å². The van der Waals surface area contributed by atoms with Gasteiger partial charge in [0.05, 0.1) is 5.54 Å². The molecule has 1 rings (SSSR count). The van der Waals surface area contributed by atoms with E-state index in [1.165, 1.54) is 0 Å². The fourth-order valence-electron chi connectivity index (χ4n) is 1.53. The van der Waals surface area contributed by atoms with Crippen LogP contribution in [0.15, 0.2) is 18.7 Å². The first-order valence-electron chi connectivity index (χ1n) is 5.66. The van der Waals surface area contributed by atoms with Crippen LogP contribution in [-0.2, 0) is 10.3 Å². The Morgan fingerprint density at radius 2 is 2.18 bits per heavy atom. The van der Waals surface area contributed by atoms with Crippen molar-refractivity contribution in [1.82, 2.24) is 9.78 Å². The molecule has 0 spiro atoms. The summed E-state index contributed by atoms with van der Waals surface area (Å²) >= 11 is 0. The highest BCUT2D eigenvalue weighted by atomic mass is 16.5. The molecule has 1 aromatic heterocycles. The lowest BCUT2D eigenvalue weighted by atomic mass is 10.1. The molecule has 0 N–H and O–H groups in total. The highest BCUT2D eigenvalue weighted by Crippen LogP contribution is 2.17. The van der Waals surface area contributed by atoms with E-state index in [4.69, 9.17) is 4.74 Å². The molecule has 0 saturated carbocycles. The Balaban J connectivity index is 2.94. The number of hydrogen-bond donors (Lipinski definition) is 0. The molecular formula is C13H20N2O2. The lowest BCUT2D eigenvalue weighted by molar-refractivity contribution is 0.0416. The van der Waals surface area contributed by atoms with Crippen LogP contribution in [0.3, 0.4) is 0 Å². The summed E-state index contributed by atoms with van der Waals surface area (Å²) in [6.45, 7) is 13.4. The fourth-order valence-corrected chi connectivity index (χ4v) is 1.53. The molecule has 1 atom stereocenters. The van der Waals surface area contributed by atoms with Crippen molar-refractivity contribution in [3.63, 3.8) is 0 Å².